The Kier molecular flexibility index (Phi) is 2.83. The topological polar surface area (TPSA) is 70.9 Å². The Morgan fingerprint density at radius 2 is 2.10 bits per heavy atom. The zero-order valence-electron chi connectivity index (χ0n) is 11.4. The Bertz CT molecular complexity index is 805. The van der Waals surface area contributed by atoms with Crippen molar-refractivity contribution < 1.29 is 4.74 Å². The zero-order chi connectivity index (χ0) is 14.4. The summed E-state index contributed by atoms with van der Waals surface area (Å²) in [5.41, 5.74) is 9.15. The van der Waals surface area contributed by atoms with Gasteiger partial charge in [-0.2, -0.15) is 5.10 Å². The van der Waals surface area contributed by atoms with E-state index in [1.807, 2.05) is 20.0 Å². The number of fused-ring (bicyclic) bond motifs is 1. The molecule has 0 aliphatic rings. The summed E-state index contributed by atoms with van der Waals surface area (Å²) in [7, 11) is 3.45. The number of imidazole rings is 1. The molecule has 104 valence electrons. The average molecular weight is 292 g/mol. The molecule has 3 aromatic rings. The predicted molar refractivity (Wildman–Crippen MR) is 78.5 cm³/mol. The first-order chi connectivity index (χ1) is 9.52. The van der Waals surface area contributed by atoms with E-state index in [4.69, 9.17) is 22.1 Å². The van der Waals surface area contributed by atoms with E-state index >= 15 is 0 Å². The van der Waals surface area contributed by atoms with E-state index in [1.165, 1.54) is 0 Å². The molecule has 0 atom stereocenters. The van der Waals surface area contributed by atoms with Gasteiger partial charge < -0.3 is 10.5 Å². The lowest BCUT2D eigenvalue weighted by Crippen LogP contribution is -2.05. The highest BCUT2D eigenvalue weighted by molar-refractivity contribution is 6.32. The number of hydrogen-bond donors (Lipinski definition) is 1. The van der Waals surface area contributed by atoms with Crippen molar-refractivity contribution in [2.24, 2.45) is 7.05 Å². The van der Waals surface area contributed by atoms with Crippen LogP contribution in [0.4, 0.5) is 5.95 Å². The third-order valence-electron chi connectivity index (χ3n) is 3.22. The minimum atomic E-state index is 0.367. The molecule has 0 fully saturated rings. The van der Waals surface area contributed by atoms with Crippen molar-refractivity contribution in [3.8, 4) is 11.4 Å². The van der Waals surface area contributed by atoms with Crippen LogP contribution in [0.2, 0.25) is 5.02 Å². The number of rotatable bonds is 2. The number of nitrogens with two attached hydrogens (primary N) is 1. The highest BCUT2D eigenvalue weighted by Crippen LogP contribution is 2.31. The lowest BCUT2D eigenvalue weighted by Gasteiger charge is -2.10. The van der Waals surface area contributed by atoms with E-state index < -0.39 is 0 Å². The molecule has 3 rings (SSSR count). The summed E-state index contributed by atoms with van der Waals surface area (Å²) >= 11 is 6.29. The summed E-state index contributed by atoms with van der Waals surface area (Å²) in [5.74, 6) is 1.07. The van der Waals surface area contributed by atoms with Gasteiger partial charge in [0.25, 0.3) is 0 Å². The standard InChI is InChI=1S/C13H14ClN5O/c1-7-11-12(18(2)17-7)19(13(15)16-11)10-6-8(20-3)4-5-9(10)14/h4-6H,1-3H3,(H2,15,16). The number of aromatic nitrogens is 4. The second-order valence-corrected chi connectivity index (χ2v) is 4.91. The van der Waals surface area contributed by atoms with E-state index in [-0.39, 0.29) is 0 Å². The van der Waals surface area contributed by atoms with E-state index in [0.29, 0.717) is 22.4 Å². The van der Waals surface area contributed by atoms with Crippen LogP contribution in [0.1, 0.15) is 5.69 Å². The normalized spacial score (nSPS) is 11.2. The molecule has 0 saturated heterocycles. The van der Waals surface area contributed by atoms with Crippen LogP contribution in [-0.2, 0) is 7.05 Å². The van der Waals surface area contributed by atoms with Gasteiger partial charge in [0.05, 0.1) is 23.5 Å². The van der Waals surface area contributed by atoms with Gasteiger partial charge in [-0.25, -0.2) is 9.67 Å². The maximum absolute atomic E-state index is 6.29. The van der Waals surface area contributed by atoms with Crippen LogP contribution in [0.25, 0.3) is 16.9 Å². The first-order valence-electron chi connectivity index (χ1n) is 6.04. The van der Waals surface area contributed by atoms with Crippen LogP contribution in [0.5, 0.6) is 5.75 Å². The highest BCUT2D eigenvalue weighted by Gasteiger charge is 2.18. The van der Waals surface area contributed by atoms with Crippen molar-refractivity contribution >= 4 is 28.7 Å². The lowest BCUT2D eigenvalue weighted by atomic mass is 10.3. The summed E-state index contributed by atoms with van der Waals surface area (Å²) in [5, 5.41) is 4.92. The smallest absolute Gasteiger partial charge is 0.207 e. The van der Waals surface area contributed by atoms with Gasteiger partial charge in [0, 0.05) is 13.1 Å². The van der Waals surface area contributed by atoms with Gasteiger partial charge in [0.2, 0.25) is 5.95 Å². The number of nitrogen functional groups attached to an aromatic ring is 1. The van der Waals surface area contributed by atoms with E-state index in [1.54, 1.807) is 28.5 Å². The Labute approximate surface area is 120 Å². The molecule has 0 bridgehead atoms. The number of hydrogen-bond acceptors (Lipinski definition) is 4. The number of halogens is 1. The molecule has 0 amide bonds. The summed E-state index contributed by atoms with van der Waals surface area (Å²) in [6.07, 6.45) is 0. The van der Waals surface area contributed by atoms with Crippen LogP contribution in [0.3, 0.4) is 0 Å². The molecule has 0 saturated carbocycles. The quantitative estimate of drug-likeness (QED) is 0.786. The SMILES string of the molecule is COc1ccc(Cl)c(-n2c(N)nc3c(C)nn(C)c32)c1. The summed E-state index contributed by atoms with van der Waals surface area (Å²) in [6, 6.07) is 5.39. The van der Waals surface area contributed by atoms with E-state index in [0.717, 1.165) is 16.9 Å². The Morgan fingerprint density at radius 3 is 2.80 bits per heavy atom. The fourth-order valence-electron chi connectivity index (χ4n) is 2.32. The van der Waals surface area contributed by atoms with Gasteiger partial charge in [0.1, 0.15) is 11.3 Å². The second kappa shape index (κ2) is 4.42. The fourth-order valence-corrected chi connectivity index (χ4v) is 2.52. The zero-order valence-corrected chi connectivity index (χ0v) is 12.1. The number of nitrogens with zero attached hydrogens (tertiary/aromatic N) is 4. The molecule has 2 N–H and O–H groups in total. The molecule has 0 aliphatic carbocycles. The van der Waals surface area contributed by atoms with Crippen LogP contribution in [-0.4, -0.2) is 26.4 Å². The van der Waals surface area contributed by atoms with Crippen LogP contribution >= 0.6 is 11.6 Å². The Morgan fingerprint density at radius 1 is 1.35 bits per heavy atom. The molecular formula is C13H14ClN5O. The third kappa shape index (κ3) is 1.72. The van der Waals surface area contributed by atoms with Crippen molar-refractivity contribution in [1.29, 1.82) is 0 Å². The first-order valence-corrected chi connectivity index (χ1v) is 6.42. The third-order valence-corrected chi connectivity index (χ3v) is 3.54. The predicted octanol–water partition coefficient (Wildman–Crippen LogP) is 2.31. The molecule has 20 heavy (non-hydrogen) atoms. The summed E-state index contributed by atoms with van der Waals surface area (Å²) in [6.45, 7) is 1.90. The van der Waals surface area contributed by atoms with Gasteiger partial charge in [-0.3, -0.25) is 4.57 Å². The van der Waals surface area contributed by atoms with Gasteiger partial charge in [-0.05, 0) is 19.1 Å². The van der Waals surface area contributed by atoms with E-state index in [9.17, 15) is 0 Å². The first kappa shape index (κ1) is 12.8. The number of benzene rings is 1. The van der Waals surface area contributed by atoms with Gasteiger partial charge in [-0.15, -0.1) is 0 Å². The molecule has 1 aromatic carbocycles. The molecule has 2 heterocycles. The highest BCUT2D eigenvalue weighted by atomic mass is 35.5. The second-order valence-electron chi connectivity index (χ2n) is 4.50. The van der Waals surface area contributed by atoms with Crippen molar-refractivity contribution in [1.82, 2.24) is 19.3 Å². The summed E-state index contributed by atoms with van der Waals surface area (Å²) < 4.78 is 8.76. The average Bonchev–Trinajstić information content (AvgIpc) is 2.89. The maximum atomic E-state index is 6.29. The molecule has 0 spiro atoms. The largest absolute Gasteiger partial charge is 0.497 e. The molecular weight excluding hydrogens is 278 g/mol. The fraction of sp³-hybridized carbons (Fsp3) is 0.231. The minimum Gasteiger partial charge on any atom is -0.497 e. The number of ether oxygens (including phenoxy) is 1. The van der Waals surface area contributed by atoms with Gasteiger partial charge in [-0.1, -0.05) is 11.6 Å². The molecule has 2 aromatic heterocycles. The Hall–Kier alpha value is -2.21. The van der Waals surface area contributed by atoms with Gasteiger partial charge in [0.15, 0.2) is 5.65 Å². The van der Waals surface area contributed by atoms with Crippen LogP contribution < -0.4 is 10.5 Å². The number of anilines is 1. The molecule has 7 heteroatoms. The minimum absolute atomic E-state index is 0.367. The number of aryl methyl sites for hydroxylation is 2. The molecule has 0 aliphatic heterocycles. The maximum Gasteiger partial charge on any atom is 0.207 e. The molecule has 6 nitrogen and oxygen atoms in total. The number of methoxy groups -OCH3 is 1. The van der Waals surface area contributed by atoms with Crippen LogP contribution in [0, 0.1) is 6.92 Å². The van der Waals surface area contributed by atoms with Crippen molar-refractivity contribution in [2.45, 2.75) is 6.92 Å². The monoisotopic (exact) mass is 291 g/mol. The van der Waals surface area contributed by atoms with Crippen molar-refractivity contribution in [2.75, 3.05) is 12.8 Å². The summed E-state index contributed by atoms with van der Waals surface area (Å²) in [4.78, 5) is 4.36. The molecule has 0 radical (unpaired) electrons. The van der Waals surface area contributed by atoms with Crippen molar-refractivity contribution in [3.63, 3.8) is 0 Å². The Balaban J connectivity index is 2.37. The van der Waals surface area contributed by atoms with Crippen molar-refractivity contribution in [3.05, 3.63) is 28.9 Å². The van der Waals surface area contributed by atoms with E-state index in [2.05, 4.69) is 10.1 Å². The van der Waals surface area contributed by atoms with Gasteiger partial charge >= 0.3 is 0 Å². The lowest BCUT2D eigenvalue weighted by molar-refractivity contribution is 0.414. The van der Waals surface area contributed by atoms with Crippen LogP contribution in [0.15, 0.2) is 18.2 Å². The molecule has 0 unspecified atom stereocenters.